The lowest BCUT2D eigenvalue weighted by Gasteiger charge is -2.36. The molecule has 2 amide bonds. The first kappa shape index (κ1) is 19.7. The van der Waals surface area contributed by atoms with Gasteiger partial charge >= 0.3 is 0 Å². The quantitative estimate of drug-likeness (QED) is 0.687. The van der Waals surface area contributed by atoms with Gasteiger partial charge in [-0.1, -0.05) is 6.07 Å². The number of carbonyl (C=O) groups excluding carboxylic acids is 2. The highest BCUT2D eigenvalue weighted by Gasteiger charge is 2.26. The Hall–Kier alpha value is -3.26. The maximum atomic E-state index is 13.1. The second-order valence-corrected chi connectivity index (χ2v) is 9.09. The molecule has 0 bridgehead atoms. The fraction of sp³-hybridized carbons (Fsp3) is 0.261. The van der Waals surface area contributed by atoms with Gasteiger partial charge < -0.3 is 15.1 Å². The summed E-state index contributed by atoms with van der Waals surface area (Å²) in [5, 5.41) is 7.09. The number of nitrogens with one attached hydrogen (secondary N) is 1. The van der Waals surface area contributed by atoms with Crippen molar-refractivity contribution in [3.63, 3.8) is 0 Å². The Morgan fingerprint density at radius 1 is 1.06 bits per heavy atom. The van der Waals surface area contributed by atoms with Crippen molar-refractivity contribution in [2.45, 2.75) is 17.1 Å². The third kappa shape index (κ3) is 3.90. The molecule has 5 rings (SSSR count). The van der Waals surface area contributed by atoms with Crippen LogP contribution in [0.15, 0.2) is 65.8 Å². The van der Waals surface area contributed by atoms with E-state index in [0.29, 0.717) is 18.7 Å². The molecular weight excluding hydrogens is 410 g/mol. The number of benzene rings is 2. The van der Waals surface area contributed by atoms with Gasteiger partial charge in [0.1, 0.15) is 0 Å². The van der Waals surface area contributed by atoms with Crippen molar-refractivity contribution in [3.05, 3.63) is 66.5 Å². The van der Waals surface area contributed by atoms with Crippen molar-refractivity contribution in [2.75, 3.05) is 36.4 Å². The molecule has 31 heavy (non-hydrogen) atoms. The summed E-state index contributed by atoms with van der Waals surface area (Å²) in [6.45, 7) is 4.72. The van der Waals surface area contributed by atoms with Crippen LogP contribution in [-0.2, 0) is 4.79 Å². The lowest BCUT2D eigenvalue weighted by atomic mass is 10.1. The van der Waals surface area contributed by atoms with Crippen LogP contribution in [0.2, 0.25) is 0 Å². The monoisotopic (exact) mass is 433 g/mol. The standard InChI is InChI=1S/C23H23N5O2S/c1-16-22(29)25-20-14-17(6-7-21(20)31-16)23(30)27-12-10-26(11-13-27)18-4-2-5-19(15-18)28-9-3-8-24-28/h2-9,14-16H,10-13H2,1H3,(H,25,29). The molecule has 8 heteroatoms. The summed E-state index contributed by atoms with van der Waals surface area (Å²) >= 11 is 1.52. The lowest BCUT2D eigenvalue weighted by molar-refractivity contribution is -0.115. The third-order valence-corrected chi connectivity index (χ3v) is 6.87. The minimum absolute atomic E-state index is 0.00520. The van der Waals surface area contributed by atoms with Gasteiger partial charge in [0.25, 0.3) is 5.91 Å². The Morgan fingerprint density at radius 2 is 1.87 bits per heavy atom. The van der Waals surface area contributed by atoms with E-state index < -0.39 is 0 Å². The highest BCUT2D eigenvalue weighted by atomic mass is 32.2. The van der Waals surface area contributed by atoms with Crippen LogP contribution >= 0.6 is 11.8 Å². The molecule has 158 valence electrons. The first-order valence-electron chi connectivity index (χ1n) is 10.3. The molecule has 2 aliphatic heterocycles. The number of aromatic nitrogens is 2. The Kier molecular flexibility index (Phi) is 5.15. The summed E-state index contributed by atoms with van der Waals surface area (Å²) in [4.78, 5) is 30.2. The van der Waals surface area contributed by atoms with Gasteiger partial charge in [-0.15, -0.1) is 11.8 Å². The average Bonchev–Trinajstić information content (AvgIpc) is 3.34. The van der Waals surface area contributed by atoms with E-state index in [1.165, 1.54) is 11.8 Å². The van der Waals surface area contributed by atoms with Crippen molar-refractivity contribution >= 4 is 35.0 Å². The number of thioether (sulfide) groups is 1. The van der Waals surface area contributed by atoms with Crippen LogP contribution < -0.4 is 10.2 Å². The van der Waals surface area contributed by atoms with Gasteiger partial charge in [0, 0.05) is 54.7 Å². The predicted molar refractivity (Wildman–Crippen MR) is 122 cm³/mol. The van der Waals surface area contributed by atoms with E-state index in [4.69, 9.17) is 0 Å². The third-order valence-electron chi connectivity index (χ3n) is 5.69. The fourth-order valence-corrected chi connectivity index (χ4v) is 4.88. The van der Waals surface area contributed by atoms with Gasteiger partial charge in [-0.3, -0.25) is 9.59 Å². The highest BCUT2D eigenvalue weighted by molar-refractivity contribution is 8.00. The first-order valence-corrected chi connectivity index (χ1v) is 11.2. The number of nitrogens with zero attached hydrogens (tertiary/aromatic N) is 4. The minimum Gasteiger partial charge on any atom is -0.368 e. The topological polar surface area (TPSA) is 70.5 Å². The molecule has 2 aliphatic rings. The number of fused-ring (bicyclic) bond motifs is 1. The van der Waals surface area contributed by atoms with E-state index in [2.05, 4.69) is 27.4 Å². The van der Waals surface area contributed by atoms with Crippen LogP contribution in [0.4, 0.5) is 11.4 Å². The number of rotatable bonds is 3. The zero-order valence-electron chi connectivity index (χ0n) is 17.2. The summed E-state index contributed by atoms with van der Waals surface area (Å²) in [5.74, 6) is -0.0151. The molecule has 1 saturated heterocycles. The molecule has 0 radical (unpaired) electrons. The minimum atomic E-state index is -0.117. The van der Waals surface area contributed by atoms with Crippen LogP contribution in [0, 0.1) is 0 Å². The second kappa shape index (κ2) is 8.11. The van der Waals surface area contributed by atoms with E-state index in [9.17, 15) is 9.59 Å². The molecule has 2 aromatic carbocycles. The lowest BCUT2D eigenvalue weighted by Crippen LogP contribution is -2.48. The Labute approximate surface area is 185 Å². The predicted octanol–water partition coefficient (Wildman–Crippen LogP) is 3.27. The van der Waals surface area contributed by atoms with Crippen LogP contribution in [0.1, 0.15) is 17.3 Å². The Morgan fingerprint density at radius 3 is 2.65 bits per heavy atom. The summed E-state index contributed by atoms with van der Waals surface area (Å²) in [6.07, 6.45) is 3.69. The van der Waals surface area contributed by atoms with Crippen molar-refractivity contribution in [1.82, 2.24) is 14.7 Å². The SMILES string of the molecule is CC1Sc2ccc(C(=O)N3CCN(c4cccc(-n5cccn5)c4)CC3)cc2NC1=O. The molecule has 7 nitrogen and oxygen atoms in total. The maximum absolute atomic E-state index is 13.1. The molecule has 1 atom stereocenters. The molecule has 1 aromatic heterocycles. The van der Waals surface area contributed by atoms with Crippen molar-refractivity contribution in [1.29, 1.82) is 0 Å². The van der Waals surface area contributed by atoms with Crippen LogP contribution in [0.3, 0.4) is 0 Å². The van der Waals surface area contributed by atoms with Crippen molar-refractivity contribution in [3.8, 4) is 5.69 Å². The normalized spacial score (nSPS) is 18.5. The number of anilines is 2. The van der Waals surface area contributed by atoms with Gasteiger partial charge in [-0.25, -0.2) is 4.68 Å². The molecule has 0 spiro atoms. The largest absolute Gasteiger partial charge is 0.368 e. The first-order chi connectivity index (χ1) is 15.1. The number of piperazine rings is 1. The summed E-state index contributed by atoms with van der Waals surface area (Å²) in [7, 11) is 0. The number of hydrogen-bond acceptors (Lipinski definition) is 5. The van der Waals surface area contributed by atoms with Crippen molar-refractivity contribution < 1.29 is 9.59 Å². The van der Waals surface area contributed by atoms with Gasteiger partial charge in [-0.05, 0) is 49.4 Å². The smallest absolute Gasteiger partial charge is 0.254 e. The Balaban J connectivity index is 1.26. The van der Waals surface area contributed by atoms with Gasteiger partial charge in [-0.2, -0.15) is 5.10 Å². The molecule has 3 aromatic rings. The average molecular weight is 434 g/mol. The molecular formula is C23H23N5O2S. The molecule has 1 N–H and O–H groups in total. The van der Waals surface area contributed by atoms with E-state index in [1.54, 1.807) is 12.3 Å². The fourth-order valence-electron chi connectivity index (χ4n) is 3.95. The van der Waals surface area contributed by atoms with Crippen LogP contribution in [0.5, 0.6) is 0 Å². The zero-order valence-corrected chi connectivity index (χ0v) is 18.0. The van der Waals surface area contributed by atoms with Crippen LogP contribution in [-0.4, -0.2) is 57.9 Å². The maximum Gasteiger partial charge on any atom is 0.254 e. The number of hydrogen-bond donors (Lipinski definition) is 1. The van der Waals surface area contributed by atoms with E-state index in [1.807, 2.05) is 53.0 Å². The van der Waals surface area contributed by atoms with Crippen LogP contribution in [0.25, 0.3) is 5.69 Å². The van der Waals surface area contributed by atoms with Gasteiger partial charge in [0.05, 0.1) is 16.6 Å². The molecule has 1 unspecified atom stereocenters. The highest BCUT2D eigenvalue weighted by Crippen LogP contribution is 2.36. The molecule has 0 saturated carbocycles. The molecule has 1 fully saturated rings. The molecule has 0 aliphatic carbocycles. The van der Waals surface area contributed by atoms with Gasteiger partial charge in [0.15, 0.2) is 0 Å². The summed E-state index contributed by atoms with van der Waals surface area (Å²) in [5.41, 5.74) is 3.49. The Bertz CT molecular complexity index is 1120. The van der Waals surface area contributed by atoms with Gasteiger partial charge in [0.2, 0.25) is 5.91 Å². The number of carbonyl (C=O) groups is 2. The summed E-state index contributed by atoms with van der Waals surface area (Å²) < 4.78 is 1.84. The number of amides is 2. The summed E-state index contributed by atoms with van der Waals surface area (Å²) in [6, 6.07) is 15.8. The molecule has 3 heterocycles. The zero-order chi connectivity index (χ0) is 21.4. The second-order valence-electron chi connectivity index (χ2n) is 7.71. The van der Waals surface area contributed by atoms with E-state index >= 15 is 0 Å². The van der Waals surface area contributed by atoms with Crippen molar-refractivity contribution in [2.24, 2.45) is 0 Å². The van der Waals surface area contributed by atoms with E-state index in [0.717, 1.165) is 35.0 Å². The van der Waals surface area contributed by atoms with E-state index in [-0.39, 0.29) is 17.1 Å².